The molecule has 1 heterocycles. The predicted molar refractivity (Wildman–Crippen MR) is 88.7 cm³/mol. The summed E-state index contributed by atoms with van der Waals surface area (Å²) in [5.74, 6) is 2.00. The summed E-state index contributed by atoms with van der Waals surface area (Å²) < 4.78 is 0. The molecule has 0 aromatic carbocycles. The molecule has 0 unspecified atom stereocenters. The highest BCUT2D eigenvalue weighted by Gasteiger charge is 2.12. The Morgan fingerprint density at radius 2 is 1.80 bits per heavy atom. The summed E-state index contributed by atoms with van der Waals surface area (Å²) in [5, 5.41) is 3.44. The molecule has 0 saturated heterocycles. The van der Waals surface area contributed by atoms with Gasteiger partial charge in [-0.05, 0) is 53.4 Å². The predicted octanol–water partition coefficient (Wildman–Crippen LogP) is 3.07. The van der Waals surface area contributed by atoms with Gasteiger partial charge in [0, 0.05) is 25.2 Å². The Bertz CT molecular complexity index is 396. The Hall–Kier alpha value is -1.29. The van der Waals surface area contributed by atoms with Crippen LogP contribution in [-0.4, -0.2) is 49.2 Å². The van der Waals surface area contributed by atoms with Gasteiger partial charge in [0.2, 0.25) is 0 Å². The summed E-state index contributed by atoms with van der Waals surface area (Å²) in [6.45, 7) is 11.7. The zero-order valence-corrected chi connectivity index (χ0v) is 13.9. The summed E-state index contributed by atoms with van der Waals surface area (Å²) in [4.78, 5) is 9.31. The standard InChI is InChI=1S/C16H30N4/c1-7-11-20(13-12-19(5)6)15-10-8-9-14(17-15)18-16(2,3)4/h8-10H,7,11-13H2,1-6H3,(H,17,18). The Labute approximate surface area is 124 Å². The van der Waals surface area contributed by atoms with Gasteiger partial charge in [0.1, 0.15) is 11.6 Å². The van der Waals surface area contributed by atoms with E-state index in [1.54, 1.807) is 0 Å². The molecule has 1 aromatic rings. The second-order valence-electron chi connectivity index (χ2n) is 6.55. The van der Waals surface area contributed by atoms with Crippen LogP contribution in [0.1, 0.15) is 34.1 Å². The fourth-order valence-corrected chi connectivity index (χ4v) is 1.98. The smallest absolute Gasteiger partial charge is 0.130 e. The van der Waals surface area contributed by atoms with Gasteiger partial charge in [-0.25, -0.2) is 4.98 Å². The van der Waals surface area contributed by atoms with Gasteiger partial charge in [-0.1, -0.05) is 13.0 Å². The van der Waals surface area contributed by atoms with Crippen LogP contribution in [0.2, 0.25) is 0 Å². The second kappa shape index (κ2) is 7.48. The topological polar surface area (TPSA) is 31.4 Å². The van der Waals surface area contributed by atoms with Crippen LogP contribution in [0.15, 0.2) is 18.2 Å². The zero-order valence-electron chi connectivity index (χ0n) is 13.9. The van der Waals surface area contributed by atoms with Gasteiger partial charge >= 0.3 is 0 Å². The number of nitrogens with zero attached hydrogens (tertiary/aromatic N) is 3. The van der Waals surface area contributed by atoms with E-state index >= 15 is 0 Å². The molecule has 1 aromatic heterocycles. The molecule has 0 bridgehead atoms. The van der Waals surface area contributed by atoms with Crippen molar-refractivity contribution in [2.45, 2.75) is 39.7 Å². The van der Waals surface area contributed by atoms with E-state index in [1.807, 2.05) is 6.07 Å². The molecule has 0 spiro atoms. The normalized spacial score (nSPS) is 11.8. The molecular weight excluding hydrogens is 248 g/mol. The molecule has 0 aliphatic carbocycles. The van der Waals surface area contributed by atoms with Crippen molar-refractivity contribution in [2.75, 3.05) is 43.9 Å². The highest BCUT2D eigenvalue weighted by Crippen LogP contribution is 2.17. The van der Waals surface area contributed by atoms with E-state index in [4.69, 9.17) is 4.98 Å². The first-order valence-corrected chi connectivity index (χ1v) is 7.47. The van der Waals surface area contributed by atoms with Crippen molar-refractivity contribution in [2.24, 2.45) is 0 Å². The van der Waals surface area contributed by atoms with Gasteiger partial charge in [0.25, 0.3) is 0 Å². The van der Waals surface area contributed by atoms with Crippen LogP contribution in [-0.2, 0) is 0 Å². The fraction of sp³-hybridized carbons (Fsp3) is 0.688. The molecule has 0 aliphatic heterocycles. The van der Waals surface area contributed by atoms with Gasteiger partial charge in [-0.3, -0.25) is 0 Å². The lowest BCUT2D eigenvalue weighted by Crippen LogP contribution is -2.33. The highest BCUT2D eigenvalue weighted by molar-refractivity contribution is 5.48. The van der Waals surface area contributed by atoms with Crippen molar-refractivity contribution in [3.8, 4) is 0 Å². The lowest BCUT2D eigenvalue weighted by Gasteiger charge is -2.27. The first-order chi connectivity index (χ1) is 9.31. The van der Waals surface area contributed by atoms with Crippen LogP contribution in [0.5, 0.6) is 0 Å². The van der Waals surface area contributed by atoms with Crippen LogP contribution in [0, 0.1) is 0 Å². The van der Waals surface area contributed by atoms with Gasteiger partial charge in [-0.2, -0.15) is 0 Å². The molecule has 114 valence electrons. The third-order valence-electron chi connectivity index (χ3n) is 2.87. The summed E-state index contributed by atoms with van der Waals surface area (Å²) in [6, 6.07) is 6.21. The average molecular weight is 278 g/mol. The van der Waals surface area contributed by atoms with Crippen LogP contribution >= 0.6 is 0 Å². The molecule has 0 amide bonds. The van der Waals surface area contributed by atoms with Crippen molar-refractivity contribution in [1.82, 2.24) is 9.88 Å². The van der Waals surface area contributed by atoms with Crippen LogP contribution in [0.3, 0.4) is 0 Å². The van der Waals surface area contributed by atoms with E-state index in [-0.39, 0.29) is 5.54 Å². The Morgan fingerprint density at radius 3 is 2.35 bits per heavy atom. The first kappa shape index (κ1) is 16.8. The molecule has 4 nitrogen and oxygen atoms in total. The van der Waals surface area contributed by atoms with Gasteiger partial charge < -0.3 is 15.1 Å². The Morgan fingerprint density at radius 1 is 1.10 bits per heavy atom. The summed E-state index contributed by atoms with van der Waals surface area (Å²) >= 11 is 0. The third-order valence-corrected chi connectivity index (χ3v) is 2.87. The van der Waals surface area contributed by atoms with Crippen LogP contribution < -0.4 is 10.2 Å². The number of likely N-dealkylation sites (N-methyl/N-ethyl adjacent to an activating group) is 1. The van der Waals surface area contributed by atoms with E-state index in [0.717, 1.165) is 37.7 Å². The van der Waals surface area contributed by atoms with Crippen LogP contribution in [0.25, 0.3) is 0 Å². The largest absolute Gasteiger partial charge is 0.365 e. The zero-order chi connectivity index (χ0) is 15.2. The lowest BCUT2D eigenvalue weighted by molar-refractivity contribution is 0.412. The number of pyridine rings is 1. The third kappa shape index (κ3) is 6.24. The quantitative estimate of drug-likeness (QED) is 0.830. The second-order valence-corrected chi connectivity index (χ2v) is 6.55. The lowest BCUT2D eigenvalue weighted by atomic mass is 10.1. The first-order valence-electron chi connectivity index (χ1n) is 7.47. The highest BCUT2D eigenvalue weighted by atomic mass is 15.2. The minimum absolute atomic E-state index is 0.0326. The molecule has 0 saturated carbocycles. The average Bonchev–Trinajstić information content (AvgIpc) is 2.32. The van der Waals surface area contributed by atoms with E-state index in [1.165, 1.54) is 0 Å². The molecule has 0 fully saturated rings. The van der Waals surface area contributed by atoms with Crippen molar-refractivity contribution >= 4 is 11.6 Å². The molecule has 0 radical (unpaired) electrons. The van der Waals surface area contributed by atoms with Gasteiger partial charge in [0.15, 0.2) is 0 Å². The van der Waals surface area contributed by atoms with Gasteiger partial charge in [-0.15, -0.1) is 0 Å². The number of nitrogens with one attached hydrogen (secondary N) is 1. The summed E-state index contributed by atoms with van der Waals surface area (Å²) in [7, 11) is 4.21. The molecular formula is C16H30N4. The fourth-order valence-electron chi connectivity index (χ4n) is 1.98. The van der Waals surface area contributed by atoms with E-state index in [9.17, 15) is 0 Å². The maximum Gasteiger partial charge on any atom is 0.130 e. The van der Waals surface area contributed by atoms with E-state index < -0.39 is 0 Å². The number of rotatable bonds is 7. The maximum atomic E-state index is 4.75. The van der Waals surface area contributed by atoms with Crippen molar-refractivity contribution < 1.29 is 0 Å². The van der Waals surface area contributed by atoms with E-state index in [2.05, 4.69) is 69.0 Å². The number of hydrogen-bond acceptors (Lipinski definition) is 4. The van der Waals surface area contributed by atoms with Crippen molar-refractivity contribution in [3.05, 3.63) is 18.2 Å². The van der Waals surface area contributed by atoms with Crippen molar-refractivity contribution in [1.29, 1.82) is 0 Å². The molecule has 1 rings (SSSR count). The number of anilines is 2. The minimum atomic E-state index is 0.0326. The number of hydrogen-bond donors (Lipinski definition) is 1. The van der Waals surface area contributed by atoms with Crippen molar-refractivity contribution in [3.63, 3.8) is 0 Å². The minimum Gasteiger partial charge on any atom is -0.365 e. The van der Waals surface area contributed by atoms with Gasteiger partial charge in [0.05, 0.1) is 0 Å². The monoisotopic (exact) mass is 278 g/mol. The summed E-state index contributed by atoms with van der Waals surface area (Å²) in [6.07, 6.45) is 1.13. The molecule has 0 aliphatic rings. The summed E-state index contributed by atoms with van der Waals surface area (Å²) in [5.41, 5.74) is 0.0326. The Kier molecular flexibility index (Phi) is 6.27. The Balaban J connectivity index is 2.82. The number of aromatic nitrogens is 1. The SMILES string of the molecule is CCCN(CCN(C)C)c1cccc(NC(C)(C)C)n1. The van der Waals surface area contributed by atoms with E-state index in [0.29, 0.717) is 0 Å². The van der Waals surface area contributed by atoms with Crippen LogP contribution in [0.4, 0.5) is 11.6 Å². The maximum absolute atomic E-state index is 4.75. The molecule has 4 heteroatoms. The molecule has 20 heavy (non-hydrogen) atoms. The molecule has 0 atom stereocenters. The molecule has 1 N–H and O–H groups in total.